The molecule has 1 aliphatic rings. The molecule has 148 valence electrons. The smallest absolute Gasteiger partial charge is 0.273 e. The van der Waals surface area contributed by atoms with Gasteiger partial charge in [-0.3, -0.25) is 14.9 Å². The lowest BCUT2D eigenvalue weighted by molar-refractivity contribution is 0.0730. The Labute approximate surface area is 175 Å². The quantitative estimate of drug-likeness (QED) is 0.539. The van der Waals surface area contributed by atoms with Gasteiger partial charge in [0.15, 0.2) is 0 Å². The molecule has 1 atom stereocenters. The Balaban J connectivity index is 1.64. The Morgan fingerprint density at radius 3 is 2.33 bits per heavy atom. The third-order valence-electron chi connectivity index (χ3n) is 5.66. The molecule has 2 aromatic heterocycles. The number of aromatic amines is 1. The zero-order valence-corrected chi connectivity index (χ0v) is 17.0. The van der Waals surface area contributed by atoms with E-state index in [1.165, 1.54) is 11.1 Å². The number of amides is 1. The van der Waals surface area contributed by atoms with Crippen molar-refractivity contribution in [1.29, 1.82) is 0 Å². The van der Waals surface area contributed by atoms with E-state index in [1.807, 2.05) is 23.2 Å². The van der Waals surface area contributed by atoms with E-state index in [0.29, 0.717) is 12.2 Å². The second-order valence-electron chi connectivity index (χ2n) is 7.83. The maximum absolute atomic E-state index is 13.4. The van der Waals surface area contributed by atoms with Gasteiger partial charge in [-0.25, -0.2) is 0 Å². The van der Waals surface area contributed by atoms with Crippen molar-refractivity contribution in [3.8, 4) is 11.3 Å². The summed E-state index contributed by atoms with van der Waals surface area (Å²) in [5, 5.41) is 7.56. The monoisotopic (exact) mass is 394 g/mol. The lowest BCUT2D eigenvalue weighted by Gasteiger charge is -2.26. The summed E-state index contributed by atoms with van der Waals surface area (Å²) >= 11 is 0. The third-order valence-corrected chi connectivity index (χ3v) is 5.66. The van der Waals surface area contributed by atoms with Gasteiger partial charge in [-0.2, -0.15) is 5.10 Å². The van der Waals surface area contributed by atoms with Crippen molar-refractivity contribution in [3.05, 3.63) is 107 Å². The van der Waals surface area contributed by atoms with Gasteiger partial charge in [-0.05, 0) is 31.0 Å². The number of fused-ring (bicyclic) bond motifs is 1. The fraction of sp³-hybridized carbons (Fsp3) is 0.160. The second kappa shape index (κ2) is 7.26. The Morgan fingerprint density at radius 2 is 1.67 bits per heavy atom. The molecule has 1 unspecified atom stereocenters. The van der Waals surface area contributed by atoms with E-state index in [4.69, 9.17) is 0 Å². The first-order valence-electron chi connectivity index (χ1n) is 10.0. The van der Waals surface area contributed by atoms with E-state index in [9.17, 15) is 4.79 Å². The van der Waals surface area contributed by atoms with Gasteiger partial charge in [0.05, 0.1) is 11.7 Å². The van der Waals surface area contributed by atoms with E-state index in [-0.39, 0.29) is 11.9 Å². The molecule has 4 aromatic rings. The Kier molecular flexibility index (Phi) is 4.43. The van der Waals surface area contributed by atoms with Crippen molar-refractivity contribution in [2.75, 3.05) is 0 Å². The molecule has 0 saturated carbocycles. The van der Waals surface area contributed by atoms with Gasteiger partial charge in [-0.1, -0.05) is 65.7 Å². The van der Waals surface area contributed by atoms with Crippen LogP contribution in [0.1, 0.15) is 44.3 Å². The van der Waals surface area contributed by atoms with Crippen molar-refractivity contribution < 1.29 is 4.79 Å². The average molecular weight is 394 g/mol. The zero-order chi connectivity index (χ0) is 20.7. The molecule has 0 fully saturated rings. The molecular weight excluding hydrogens is 372 g/mol. The molecule has 1 N–H and O–H groups in total. The highest BCUT2D eigenvalue weighted by molar-refractivity contribution is 6.00. The van der Waals surface area contributed by atoms with Gasteiger partial charge in [0.1, 0.15) is 5.69 Å². The van der Waals surface area contributed by atoms with Crippen LogP contribution < -0.4 is 0 Å². The Hall–Kier alpha value is -3.73. The highest BCUT2D eigenvalue weighted by Crippen LogP contribution is 2.43. The van der Waals surface area contributed by atoms with Gasteiger partial charge < -0.3 is 4.90 Å². The van der Waals surface area contributed by atoms with Gasteiger partial charge in [0.2, 0.25) is 0 Å². The highest BCUT2D eigenvalue weighted by atomic mass is 16.2. The van der Waals surface area contributed by atoms with Crippen LogP contribution in [0, 0.1) is 13.8 Å². The maximum Gasteiger partial charge on any atom is 0.273 e. The van der Waals surface area contributed by atoms with E-state index in [0.717, 1.165) is 27.9 Å². The number of hydrogen-bond donors (Lipinski definition) is 1. The number of nitrogens with zero attached hydrogens (tertiary/aromatic N) is 3. The van der Waals surface area contributed by atoms with Crippen molar-refractivity contribution in [3.63, 3.8) is 0 Å². The Bertz CT molecular complexity index is 1190. The number of aryl methyl sites for hydroxylation is 2. The maximum atomic E-state index is 13.4. The summed E-state index contributed by atoms with van der Waals surface area (Å²) in [5.41, 5.74) is 7.80. The fourth-order valence-electron chi connectivity index (χ4n) is 4.07. The van der Waals surface area contributed by atoms with Crippen LogP contribution in [-0.2, 0) is 6.54 Å². The minimum atomic E-state index is -0.205. The second-order valence-corrected chi connectivity index (χ2v) is 7.83. The molecule has 0 bridgehead atoms. The number of nitrogens with one attached hydrogen (secondary N) is 1. The van der Waals surface area contributed by atoms with Crippen molar-refractivity contribution in [2.24, 2.45) is 0 Å². The molecule has 1 aliphatic heterocycles. The summed E-state index contributed by atoms with van der Waals surface area (Å²) < 4.78 is 0. The molecule has 5 nitrogen and oxygen atoms in total. The number of hydrogen-bond acceptors (Lipinski definition) is 3. The SMILES string of the molecule is Cc1ccc(-c2n[nH]c3c2C(c2ccc(C)cc2)N(Cc2cccnc2)C3=O)cc1. The first-order chi connectivity index (χ1) is 14.6. The van der Waals surface area contributed by atoms with Crippen molar-refractivity contribution in [2.45, 2.75) is 26.4 Å². The van der Waals surface area contributed by atoms with Crippen molar-refractivity contribution in [1.82, 2.24) is 20.1 Å². The van der Waals surface area contributed by atoms with Crippen molar-refractivity contribution >= 4 is 5.91 Å². The number of benzene rings is 2. The molecule has 0 spiro atoms. The van der Waals surface area contributed by atoms with Crippen LogP contribution in [0.15, 0.2) is 73.1 Å². The van der Waals surface area contributed by atoms with Gasteiger partial charge >= 0.3 is 0 Å². The standard InChI is InChI=1S/C25H22N4O/c1-16-5-9-19(10-6-16)22-21-23(28-27-22)25(30)29(15-18-4-3-13-26-14-18)24(21)20-11-7-17(2)8-12-20/h3-14,24H,15H2,1-2H3,(H,27,28). The first kappa shape index (κ1) is 18.3. The van der Waals surface area contributed by atoms with Crippen LogP contribution in [0.5, 0.6) is 0 Å². The summed E-state index contributed by atoms with van der Waals surface area (Å²) in [7, 11) is 0. The summed E-state index contributed by atoms with van der Waals surface area (Å²) in [5.74, 6) is -0.0368. The fourth-order valence-corrected chi connectivity index (χ4v) is 4.07. The molecule has 5 rings (SSSR count). The molecule has 0 radical (unpaired) electrons. The van der Waals surface area contributed by atoms with Crippen LogP contribution in [0.4, 0.5) is 0 Å². The zero-order valence-electron chi connectivity index (χ0n) is 17.0. The number of H-pyrrole nitrogens is 1. The lowest BCUT2D eigenvalue weighted by Crippen LogP contribution is -2.29. The predicted molar refractivity (Wildman–Crippen MR) is 116 cm³/mol. The topological polar surface area (TPSA) is 61.9 Å². The molecule has 0 aliphatic carbocycles. The summed E-state index contributed by atoms with van der Waals surface area (Å²) in [4.78, 5) is 19.5. The summed E-state index contributed by atoms with van der Waals surface area (Å²) in [6.45, 7) is 4.62. The molecule has 0 saturated heterocycles. The number of carbonyl (C=O) groups is 1. The van der Waals surface area contributed by atoms with Crippen LogP contribution in [-0.4, -0.2) is 26.0 Å². The molecule has 30 heavy (non-hydrogen) atoms. The molecule has 2 aromatic carbocycles. The van der Waals surface area contributed by atoms with Crippen LogP contribution >= 0.6 is 0 Å². The number of pyridine rings is 1. The molecule has 3 heterocycles. The minimum absolute atomic E-state index is 0.0368. The lowest BCUT2D eigenvalue weighted by atomic mass is 9.95. The largest absolute Gasteiger partial charge is 0.322 e. The first-order valence-corrected chi connectivity index (χ1v) is 10.0. The Morgan fingerprint density at radius 1 is 0.967 bits per heavy atom. The minimum Gasteiger partial charge on any atom is -0.322 e. The summed E-state index contributed by atoms with van der Waals surface area (Å²) in [6.07, 6.45) is 3.56. The van der Waals surface area contributed by atoms with E-state index < -0.39 is 0 Å². The summed E-state index contributed by atoms with van der Waals surface area (Å²) in [6, 6.07) is 20.3. The number of aromatic nitrogens is 3. The van der Waals surface area contributed by atoms with Crippen LogP contribution in [0.3, 0.4) is 0 Å². The molecule has 5 heteroatoms. The average Bonchev–Trinajstić information content (AvgIpc) is 3.30. The number of rotatable bonds is 4. The van der Waals surface area contributed by atoms with E-state index in [1.54, 1.807) is 6.20 Å². The predicted octanol–water partition coefficient (Wildman–Crippen LogP) is 4.83. The molecule has 1 amide bonds. The third kappa shape index (κ3) is 3.08. The normalized spacial score (nSPS) is 15.5. The van der Waals surface area contributed by atoms with Crippen LogP contribution in [0.25, 0.3) is 11.3 Å². The van der Waals surface area contributed by atoms with E-state index >= 15 is 0 Å². The highest BCUT2D eigenvalue weighted by Gasteiger charge is 2.42. The van der Waals surface area contributed by atoms with Gasteiger partial charge in [0, 0.05) is 30.1 Å². The number of carbonyl (C=O) groups excluding carboxylic acids is 1. The molecular formula is C25H22N4O. The van der Waals surface area contributed by atoms with Gasteiger partial charge in [-0.15, -0.1) is 0 Å². The van der Waals surface area contributed by atoms with Gasteiger partial charge in [0.25, 0.3) is 5.91 Å². The van der Waals surface area contributed by atoms with Crippen LogP contribution in [0.2, 0.25) is 0 Å². The van der Waals surface area contributed by atoms with E-state index in [2.05, 4.69) is 77.6 Å².